The molecular formula is C43H51ClN8O5. The molecule has 2 aromatic carbocycles. The average molecular weight is 795 g/mol. The van der Waals surface area contributed by atoms with Crippen LogP contribution in [0.15, 0.2) is 67.0 Å². The lowest BCUT2D eigenvalue weighted by molar-refractivity contribution is -0.135. The number of anilines is 2. The third-order valence-electron chi connectivity index (χ3n) is 11.6. The fourth-order valence-electron chi connectivity index (χ4n) is 8.00. The molecule has 4 atom stereocenters. The molecule has 4 amide bonds. The predicted molar refractivity (Wildman–Crippen MR) is 220 cm³/mol. The van der Waals surface area contributed by atoms with Gasteiger partial charge in [-0.2, -0.15) is 0 Å². The molecule has 57 heavy (non-hydrogen) atoms. The summed E-state index contributed by atoms with van der Waals surface area (Å²) in [4.78, 5) is 70.3. The standard InChI is InChI=1S/C43H51ClN8O5/c1-25(2)37(49-42(56)57-6)41(55)52-17-7-8-35(52)38-46-23-34(48-38)28-11-9-27(10-12-28)31-15-14-30(20-33(31)44)47-39(53)29-13-16-36(45-22-29)51-19-18-50(24-26(51)3)40(54)32-21-43(32,4)5/h9-16,20,22-23,25-26,32,35,37H,7-8,17-19,21,24H2,1-6H3,(H,46,48)(H,47,53)(H,49,56)/t26-,32-,35+,37+/m1/s1. The smallest absolute Gasteiger partial charge is 0.407 e. The number of aromatic amines is 1. The molecule has 1 saturated carbocycles. The number of carbonyl (C=O) groups excluding carboxylic acids is 4. The fraction of sp³-hybridized carbons (Fsp3) is 0.442. The molecule has 2 aliphatic heterocycles. The number of nitrogens with one attached hydrogen (secondary N) is 3. The Labute approximate surface area is 338 Å². The van der Waals surface area contributed by atoms with E-state index in [0.29, 0.717) is 48.3 Å². The Morgan fingerprint density at radius 1 is 1.00 bits per heavy atom. The Balaban J connectivity index is 0.950. The number of amides is 4. The topological polar surface area (TPSA) is 153 Å². The zero-order chi connectivity index (χ0) is 40.6. The summed E-state index contributed by atoms with van der Waals surface area (Å²) in [5, 5.41) is 6.10. The van der Waals surface area contributed by atoms with Crippen LogP contribution in [0.3, 0.4) is 0 Å². The predicted octanol–water partition coefficient (Wildman–Crippen LogP) is 7.17. The zero-order valence-electron chi connectivity index (χ0n) is 33.3. The Hall–Kier alpha value is -5.43. The van der Waals surface area contributed by atoms with Gasteiger partial charge >= 0.3 is 6.09 Å². The van der Waals surface area contributed by atoms with Gasteiger partial charge in [0.1, 0.15) is 17.7 Å². The van der Waals surface area contributed by atoms with E-state index < -0.39 is 12.1 Å². The molecule has 3 N–H and O–H groups in total. The van der Waals surface area contributed by atoms with Crippen molar-refractivity contribution >= 4 is 46.9 Å². The number of hydrogen-bond donors (Lipinski definition) is 3. The Morgan fingerprint density at radius 3 is 2.37 bits per heavy atom. The third-order valence-corrected chi connectivity index (χ3v) is 11.9. The lowest BCUT2D eigenvalue weighted by atomic mass is 10.0. The zero-order valence-corrected chi connectivity index (χ0v) is 34.1. The number of halogens is 1. The molecule has 13 nitrogen and oxygen atoms in total. The van der Waals surface area contributed by atoms with Gasteiger partial charge in [-0.1, -0.05) is 69.6 Å². The van der Waals surface area contributed by atoms with E-state index in [-0.39, 0.29) is 47.1 Å². The van der Waals surface area contributed by atoms with Gasteiger partial charge in [-0.25, -0.2) is 14.8 Å². The first kappa shape index (κ1) is 39.8. The number of likely N-dealkylation sites (tertiary alicyclic amines) is 1. The number of methoxy groups -OCH3 is 1. The molecule has 14 heteroatoms. The monoisotopic (exact) mass is 794 g/mol. The lowest BCUT2D eigenvalue weighted by Crippen LogP contribution is -2.54. The molecule has 2 aromatic heterocycles. The molecule has 3 aliphatic rings. The number of imidazole rings is 1. The largest absolute Gasteiger partial charge is 0.453 e. The Kier molecular flexibility index (Phi) is 11.3. The number of benzene rings is 2. The maximum absolute atomic E-state index is 13.5. The van der Waals surface area contributed by atoms with Crippen LogP contribution in [0.1, 0.15) is 76.1 Å². The second-order valence-electron chi connectivity index (χ2n) is 16.4. The van der Waals surface area contributed by atoms with Gasteiger partial charge in [-0.15, -0.1) is 0 Å². The first-order valence-corrected chi connectivity index (χ1v) is 20.1. The minimum atomic E-state index is -0.700. The summed E-state index contributed by atoms with van der Waals surface area (Å²) in [5.74, 6) is 1.31. The lowest BCUT2D eigenvalue weighted by Gasteiger charge is -2.40. The van der Waals surface area contributed by atoms with Crippen LogP contribution in [0.4, 0.5) is 16.3 Å². The van der Waals surface area contributed by atoms with Gasteiger partial charge in [0.2, 0.25) is 11.8 Å². The van der Waals surface area contributed by atoms with E-state index in [0.717, 1.165) is 47.5 Å². The summed E-state index contributed by atoms with van der Waals surface area (Å²) in [6, 6.07) is 16.1. The van der Waals surface area contributed by atoms with Gasteiger partial charge in [-0.05, 0) is 67.3 Å². The van der Waals surface area contributed by atoms with Crippen LogP contribution in [-0.2, 0) is 14.3 Å². The molecule has 4 heterocycles. The van der Waals surface area contributed by atoms with Crippen molar-refractivity contribution in [1.29, 1.82) is 0 Å². The first-order valence-electron chi connectivity index (χ1n) is 19.7. The van der Waals surface area contributed by atoms with E-state index in [4.69, 9.17) is 21.3 Å². The van der Waals surface area contributed by atoms with Crippen LogP contribution in [0, 0.1) is 17.3 Å². The number of pyridine rings is 1. The van der Waals surface area contributed by atoms with Gasteiger partial charge in [0.05, 0.1) is 29.4 Å². The summed E-state index contributed by atoms with van der Waals surface area (Å²) in [5.41, 5.74) is 4.46. The highest BCUT2D eigenvalue weighted by molar-refractivity contribution is 6.33. The molecule has 0 unspecified atom stereocenters. The average Bonchev–Trinajstić information content (AvgIpc) is 3.54. The maximum Gasteiger partial charge on any atom is 0.407 e. The number of carbonyl (C=O) groups is 4. The Bertz CT molecular complexity index is 2140. The van der Waals surface area contributed by atoms with Crippen LogP contribution in [0.2, 0.25) is 5.02 Å². The highest BCUT2D eigenvalue weighted by Gasteiger charge is 2.52. The molecule has 1 aliphatic carbocycles. The van der Waals surface area contributed by atoms with Gasteiger partial charge in [0.25, 0.3) is 5.91 Å². The number of piperazine rings is 1. The normalized spacial score (nSPS) is 20.6. The van der Waals surface area contributed by atoms with E-state index in [2.05, 4.69) is 46.3 Å². The molecule has 300 valence electrons. The minimum absolute atomic E-state index is 0.112. The van der Waals surface area contributed by atoms with Crippen molar-refractivity contribution in [2.24, 2.45) is 17.3 Å². The van der Waals surface area contributed by atoms with Crippen molar-refractivity contribution in [1.82, 2.24) is 30.1 Å². The van der Waals surface area contributed by atoms with E-state index in [1.807, 2.05) is 67.4 Å². The van der Waals surface area contributed by atoms with Gasteiger partial charge in [0, 0.05) is 67.3 Å². The van der Waals surface area contributed by atoms with Crippen LogP contribution in [-0.4, -0.2) is 93.9 Å². The van der Waals surface area contributed by atoms with Crippen molar-refractivity contribution < 1.29 is 23.9 Å². The molecule has 2 saturated heterocycles. The molecule has 0 bridgehead atoms. The van der Waals surface area contributed by atoms with Gasteiger partial charge in [0.15, 0.2) is 0 Å². The molecule has 4 aromatic rings. The first-order chi connectivity index (χ1) is 27.2. The van der Waals surface area contributed by atoms with Gasteiger partial charge < -0.3 is 35.1 Å². The molecule has 0 radical (unpaired) electrons. The number of hydrogen-bond acceptors (Lipinski definition) is 8. The van der Waals surface area contributed by atoms with Crippen molar-refractivity contribution in [2.75, 3.05) is 43.5 Å². The number of ether oxygens (including phenoxy) is 1. The summed E-state index contributed by atoms with van der Waals surface area (Å²) >= 11 is 6.75. The molecule has 0 spiro atoms. The number of H-pyrrole nitrogens is 1. The van der Waals surface area contributed by atoms with Gasteiger partial charge in [-0.3, -0.25) is 14.4 Å². The highest BCUT2D eigenvalue weighted by Crippen LogP contribution is 2.52. The number of nitrogens with zero attached hydrogens (tertiary/aromatic N) is 5. The molecule has 7 rings (SSSR count). The summed E-state index contributed by atoms with van der Waals surface area (Å²) < 4.78 is 4.75. The number of rotatable bonds is 10. The third kappa shape index (κ3) is 8.49. The van der Waals surface area contributed by atoms with Crippen LogP contribution in [0.25, 0.3) is 22.4 Å². The number of alkyl carbamates (subject to hydrolysis) is 1. The van der Waals surface area contributed by atoms with Crippen molar-refractivity contribution in [3.05, 3.63) is 83.4 Å². The van der Waals surface area contributed by atoms with Crippen molar-refractivity contribution in [3.63, 3.8) is 0 Å². The van der Waals surface area contributed by atoms with Crippen molar-refractivity contribution in [3.8, 4) is 22.4 Å². The summed E-state index contributed by atoms with van der Waals surface area (Å²) in [6.45, 7) is 12.8. The number of aromatic nitrogens is 3. The van der Waals surface area contributed by atoms with E-state index in [1.165, 1.54) is 7.11 Å². The van der Waals surface area contributed by atoms with Crippen LogP contribution < -0.4 is 15.5 Å². The molecule has 3 fully saturated rings. The SMILES string of the molecule is COC(=O)N[C@H](C(=O)N1CCC[C@H]1c1nc(-c2ccc(-c3ccc(NC(=O)c4ccc(N5CCN(C(=O)[C@H]6CC6(C)C)C[C@H]5C)nc4)cc3Cl)cc2)c[nH]1)C(C)C. The Morgan fingerprint density at radius 2 is 1.74 bits per heavy atom. The minimum Gasteiger partial charge on any atom is -0.453 e. The van der Waals surface area contributed by atoms with Crippen molar-refractivity contribution in [2.45, 2.75) is 72.0 Å². The van der Waals surface area contributed by atoms with E-state index >= 15 is 0 Å². The van der Waals surface area contributed by atoms with Crippen LogP contribution in [0.5, 0.6) is 0 Å². The quantitative estimate of drug-likeness (QED) is 0.153. The van der Waals surface area contributed by atoms with Crippen LogP contribution >= 0.6 is 11.6 Å². The highest BCUT2D eigenvalue weighted by atomic mass is 35.5. The molecular weight excluding hydrogens is 744 g/mol. The fourth-order valence-corrected chi connectivity index (χ4v) is 8.29. The van der Waals surface area contributed by atoms with E-state index in [9.17, 15) is 19.2 Å². The maximum atomic E-state index is 13.5. The van der Waals surface area contributed by atoms with E-state index in [1.54, 1.807) is 23.2 Å². The second-order valence-corrected chi connectivity index (χ2v) is 16.8. The summed E-state index contributed by atoms with van der Waals surface area (Å²) in [6.07, 6.45) is 5.34. The second kappa shape index (κ2) is 16.2. The summed E-state index contributed by atoms with van der Waals surface area (Å²) in [7, 11) is 1.28.